The van der Waals surface area contributed by atoms with Crippen LogP contribution in [0.5, 0.6) is 5.75 Å². The summed E-state index contributed by atoms with van der Waals surface area (Å²) in [5, 5.41) is 3.72. The molecule has 0 saturated heterocycles. The molecule has 0 unspecified atom stereocenters. The van der Waals surface area contributed by atoms with Crippen LogP contribution >= 0.6 is 23.2 Å². The number of halogens is 2. The summed E-state index contributed by atoms with van der Waals surface area (Å²) in [4.78, 5) is 28.8. The molecular formula is C31H37Cl2N3O5S. The Morgan fingerprint density at radius 2 is 1.57 bits per heavy atom. The van der Waals surface area contributed by atoms with Crippen LogP contribution in [0.3, 0.4) is 0 Å². The number of carbonyl (C=O) groups is 2. The van der Waals surface area contributed by atoms with Gasteiger partial charge in [-0.25, -0.2) is 8.42 Å². The maximum absolute atomic E-state index is 14.1. The van der Waals surface area contributed by atoms with Gasteiger partial charge in [-0.1, -0.05) is 62.2 Å². The minimum absolute atomic E-state index is 0.0181. The fourth-order valence-corrected chi connectivity index (χ4v) is 6.03. The van der Waals surface area contributed by atoms with E-state index in [2.05, 4.69) is 5.32 Å². The Morgan fingerprint density at radius 3 is 2.14 bits per heavy atom. The van der Waals surface area contributed by atoms with E-state index < -0.39 is 28.5 Å². The number of nitrogens with zero attached hydrogens (tertiary/aromatic N) is 2. The second-order valence-corrected chi connectivity index (χ2v) is 12.8. The molecule has 0 aliphatic heterocycles. The predicted octanol–water partition coefficient (Wildman–Crippen LogP) is 6.17. The molecular weight excluding hydrogens is 597 g/mol. The number of benzene rings is 3. The van der Waals surface area contributed by atoms with Gasteiger partial charge < -0.3 is 15.0 Å². The number of rotatable bonds is 14. The van der Waals surface area contributed by atoms with Gasteiger partial charge in [-0.15, -0.1) is 0 Å². The monoisotopic (exact) mass is 633 g/mol. The van der Waals surface area contributed by atoms with Crippen LogP contribution < -0.4 is 14.4 Å². The third-order valence-electron chi connectivity index (χ3n) is 6.49. The Kier molecular flexibility index (Phi) is 12.1. The van der Waals surface area contributed by atoms with Crippen LogP contribution in [0.15, 0.2) is 77.7 Å². The van der Waals surface area contributed by atoms with Crippen LogP contribution in [0.1, 0.15) is 39.7 Å². The van der Waals surface area contributed by atoms with Gasteiger partial charge in [-0.2, -0.15) is 0 Å². The van der Waals surface area contributed by atoms with Gasteiger partial charge in [-0.3, -0.25) is 13.9 Å². The lowest BCUT2D eigenvalue weighted by atomic mass is 10.1. The molecule has 226 valence electrons. The molecule has 42 heavy (non-hydrogen) atoms. The molecule has 3 aromatic carbocycles. The summed E-state index contributed by atoms with van der Waals surface area (Å²) in [6.45, 7) is 7.95. The largest absolute Gasteiger partial charge is 0.494 e. The Labute approximate surface area is 258 Å². The van der Waals surface area contributed by atoms with Crippen LogP contribution in [0, 0.1) is 5.92 Å². The van der Waals surface area contributed by atoms with Crippen molar-refractivity contribution in [3.63, 3.8) is 0 Å². The number of carbonyl (C=O) groups excluding carboxylic acids is 2. The first-order chi connectivity index (χ1) is 20.0. The first-order valence-corrected chi connectivity index (χ1v) is 16.0. The van der Waals surface area contributed by atoms with Crippen LogP contribution in [0.4, 0.5) is 5.69 Å². The van der Waals surface area contributed by atoms with Crippen LogP contribution in [-0.2, 0) is 26.2 Å². The van der Waals surface area contributed by atoms with Crippen LogP contribution in [-0.4, -0.2) is 50.9 Å². The second kappa shape index (κ2) is 15.3. The van der Waals surface area contributed by atoms with Gasteiger partial charge in [0.05, 0.1) is 17.2 Å². The summed E-state index contributed by atoms with van der Waals surface area (Å²) >= 11 is 12.5. The first kappa shape index (κ1) is 33.2. The molecule has 0 saturated carbocycles. The van der Waals surface area contributed by atoms with E-state index in [4.69, 9.17) is 27.9 Å². The molecule has 0 fully saturated rings. The van der Waals surface area contributed by atoms with Crippen molar-refractivity contribution < 1.29 is 22.7 Å². The minimum Gasteiger partial charge on any atom is -0.494 e. The summed E-state index contributed by atoms with van der Waals surface area (Å²) in [6.07, 6.45) is 0.313. The Morgan fingerprint density at radius 1 is 0.929 bits per heavy atom. The molecule has 0 heterocycles. The summed E-state index contributed by atoms with van der Waals surface area (Å²) in [6, 6.07) is 18.4. The number of sulfonamides is 1. The maximum atomic E-state index is 14.1. The molecule has 3 rings (SSSR count). The molecule has 0 bridgehead atoms. The van der Waals surface area contributed by atoms with E-state index in [0.717, 1.165) is 4.31 Å². The molecule has 0 radical (unpaired) electrons. The number of hydrogen-bond acceptors (Lipinski definition) is 5. The van der Waals surface area contributed by atoms with Crippen molar-refractivity contribution in [2.75, 3.05) is 24.0 Å². The van der Waals surface area contributed by atoms with Crippen LogP contribution in [0.2, 0.25) is 10.0 Å². The summed E-state index contributed by atoms with van der Waals surface area (Å²) in [5.74, 6) is -0.115. The van der Waals surface area contributed by atoms with Crippen molar-refractivity contribution in [1.82, 2.24) is 10.2 Å². The third-order valence-corrected chi connectivity index (χ3v) is 8.89. The summed E-state index contributed by atoms with van der Waals surface area (Å²) in [7, 11) is -4.22. The smallest absolute Gasteiger partial charge is 0.264 e. The number of nitrogens with one attached hydrogen (secondary N) is 1. The number of ether oxygens (including phenoxy) is 1. The highest BCUT2D eigenvalue weighted by molar-refractivity contribution is 7.92. The van der Waals surface area contributed by atoms with E-state index in [1.807, 2.05) is 20.8 Å². The van der Waals surface area contributed by atoms with Crippen molar-refractivity contribution in [1.29, 1.82) is 0 Å². The topological polar surface area (TPSA) is 96.0 Å². The normalized spacial score (nSPS) is 12.1. The van der Waals surface area contributed by atoms with E-state index in [-0.39, 0.29) is 29.0 Å². The van der Waals surface area contributed by atoms with Gasteiger partial charge in [0.25, 0.3) is 10.0 Å². The van der Waals surface area contributed by atoms with Crippen molar-refractivity contribution in [2.45, 2.75) is 51.6 Å². The van der Waals surface area contributed by atoms with Gasteiger partial charge in [-0.05, 0) is 79.4 Å². The van der Waals surface area contributed by atoms with Crippen LogP contribution in [0.25, 0.3) is 0 Å². The Bertz CT molecular complexity index is 1450. The molecule has 2 amide bonds. The average molecular weight is 635 g/mol. The second-order valence-electron chi connectivity index (χ2n) is 10.1. The predicted molar refractivity (Wildman–Crippen MR) is 168 cm³/mol. The summed E-state index contributed by atoms with van der Waals surface area (Å²) < 4.78 is 34.5. The molecule has 3 aromatic rings. The van der Waals surface area contributed by atoms with E-state index in [1.165, 1.54) is 29.2 Å². The van der Waals surface area contributed by atoms with Gasteiger partial charge in [0.15, 0.2) is 0 Å². The van der Waals surface area contributed by atoms with Gasteiger partial charge >= 0.3 is 0 Å². The Balaban J connectivity index is 2.06. The fraction of sp³-hybridized carbons (Fsp3) is 0.355. The molecule has 0 aliphatic carbocycles. The molecule has 8 nitrogen and oxygen atoms in total. The number of hydrogen-bond donors (Lipinski definition) is 1. The molecule has 0 aromatic heterocycles. The lowest BCUT2D eigenvalue weighted by Crippen LogP contribution is -2.52. The number of amides is 2. The third kappa shape index (κ3) is 8.63. The van der Waals surface area contributed by atoms with Crippen molar-refractivity contribution in [3.05, 3.63) is 88.4 Å². The highest BCUT2D eigenvalue weighted by Gasteiger charge is 2.34. The molecule has 11 heteroatoms. The maximum Gasteiger partial charge on any atom is 0.264 e. The van der Waals surface area contributed by atoms with Gasteiger partial charge in [0, 0.05) is 23.1 Å². The van der Waals surface area contributed by atoms with Crippen molar-refractivity contribution in [3.8, 4) is 5.75 Å². The Hall–Kier alpha value is -3.27. The molecule has 0 aliphatic rings. The zero-order valence-electron chi connectivity index (χ0n) is 24.2. The number of anilines is 1. The fourth-order valence-electron chi connectivity index (χ4n) is 4.29. The lowest BCUT2D eigenvalue weighted by Gasteiger charge is -2.33. The lowest BCUT2D eigenvalue weighted by molar-refractivity contribution is -0.140. The molecule has 1 N–H and O–H groups in total. The zero-order chi connectivity index (χ0) is 30.9. The minimum atomic E-state index is -4.22. The van der Waals surface area contributed by atoms with E-state index in [0.29, 0.717) is 40.9 Å². The van der Waals surface area contributed by atoms with Gasteiger partial charge in [0.2, 0.25) is 11.8 Å². The first-order valence-electron chi connectivity index (χ1n) is 13.8. The highest BCUT2D eigenvalue weighted by atomic mass is 35.5. The quantitative estimate of drug-likeness (QED) is 0.229. The van der Waals surface area contributed by atoms with Gasteiger partial charge in [0.1, 0.15) is 18.3 Å². The van der Waals surface area contributed by atoms with E-state index in [9.17, 15) is 18.0 Å². The van der Waals surface area contributed by atoms with E-state index in [1.54, 1.807) is 55.5 Å². The molecule has 1 atom stereocenters. The standard InChI is InChI=1S/C31H37Cl2N3O5S/c1-5-29(31(38)34-19-22(3)4)35(20-23-9-7-8-10-28(23)33)30(37)21-36(25-13-15-26(16-14-25)41-6-2)42(39,40)27-17-11-24(32)12-18-27/h7-18,22,29H,5-6,19-21H2,1-4H3,(H,34,38)/t29-/m0/s1. The van der Waals surface area contributed by atoms with Crippen molar-refractivity contribution >= 4 is 50.7 Å². The van der Waals surface area contributed by atoms with E-state index >= 15 is 0 Å². The summed E-state index contributed by atoms with van der Waals surface area (Å²) in [5.41, 5.74) is 0.896. The SMILES string of the molecule is CCOc1ccc(N(CC(=O)N(Cc2ccccc2Cl)[C@@H](CC)C(=O)NCC(C)C)S(=O)(=O)c2ccc(Cl)cc2)cc1. The molecule has 0 spiro atoms. The van der Waals surface area contributed by atoms with Crippen molar-refractivity contribution in [2.24, 2.45) is 5.92 Å². The zero-order valence-corrected chi connectivity index (χ0v) is 26.5. The average Bonchev–Trinajstić information content (AvgIpc) is 2.96. The highest BCUT2D eigenvalue weighted by Crippen LogP contribution is 2.28.